The third-order valence-electron chi connectivity index (χ3n) is 6.06. The fraction of sp³-hybridized carbons (Fsp3) is 0.571. The van der Waals surface area contributed by atoms with Crippen molar-refractivity contribution >= 4 is 5.91 Å². The number of aromatic nitrogens is 3. The quantitative estimate of drug-likeness (QED) is 0.879. The summed E-state index contributed by atoms with van der Waals surface area (Å²) < 4.78 is 15.1. The fourth-order valence-electron chi connectivity index (χ4n) is 4.41. The first-order valence-corrected chi connectivity index (χ1v) is 10.1. The van der Waals surface area contributed by atoms with Gasteiger partial charge < -0.3 is 9.88 Å². The van der Waals surface area contributed by atoms with Crippen LogP contribution < -0.4 is 5.32 Å². The number of likely N-dealkylation sites (tertiary alicyclic amines) is 1. The predicted octanol–water partition coefficient (Wildman–Crippen LogP) is 2.78. The third-order valence-corrected chi connectivity index (χ3v) is 6.06. The van der Waals surface area contributed by atoms with E-state index in [2.05, 4.69) is 20.4 Å². The SMILES string of the molecule is CC(C)NC(=O)c1nnc2n1CC1(CC2)CCN(Cc2ccc(F)cc2)CC1. The van der Waals surface area contributed by atoms with E-state index in [4.69, 9.17) is 0 Å². The van der Waals surface area contributed by atoms with Gasteiger partial charge in [-0.1, -0.05) is 12.1 Å². The van der Waals surface area contributed by atoms with E-state index in [1.165, 1.54) is 12.1 Å². The number of nitrogens with zero attached hydrogens (tertiary/aromatic N) is 4. The van der Waals surface area contributed by atoms with Crippen LogP contribution >= 0.6 is 0 Å². The first kappa shape index (κ1) is 19.1. The van der Waals surface area contributed by atoms with Crippen LogP contribution in [-0.4, -0.2) is 44.7 Å². The lowest BCUT2D eigenvalue weighted by molar-refractivity contribution is 0.0617. The number of fused-ring (bicyclic) bond motifs is 1. The second-order valence-corrected chi connectivity index (χ2v) is 8.56. The number of hydrogen-bond acceptors (Lipinski definition) is 4. The smallest absolute Gasteiger partial charge is 0.289 e. The largest absolute Gasteiger partial charge is 0.347 e. The van der Waals surface area contributed by atoms with E-state index in [1.54, 1.807) is 0 Å². The summed E-state index contributed by atoms with van der Waals surface area (Å²) >= 11 is 0. The summed E-state index contributed by atoms with van der Waals surface area (Å²) in [5.41, 5.74) is 1.36. The number of carbonyl (C=O) groups is 1. The van der Waals surface area contributed by atoms with Crippen LogP contribution in [0, 0.1) is 11.2 Å². The minimum absolute atomic E-state index is 0.0766. The molecule has 1 saturated heterocycles. The average Bonchev–Trinajstić information content (AvgIpc) is 3.08. The highest BCUT2D eigenvalue weighted by molar-refractivity contribution is 5.90. The molecular formula is C21H28FN5O. The predicted molar refractivity (Wildman–Crippen MR) is 104 cm³/mol. The van der Waals surface area contributed by atoms with Gasteiger partial charge in [-0.2, -0.15) is 0 Å². The molecule has 1 aromatic heterocycles. The van der Waals surface area contributed by atoms with E-state index in [1.807, 2.05) is 30.5 Å². The molecule has 6 nitrogen and oxygen atoms in total. The van der Waals surface area contributed by atoms with Crippen LogP contribution in [0.15, 0.2) is 24.3 Å². The van der Waals surface area contributed by atoms with E-state index in [-0.39, 0.29) is 23.2 Å². The maximum atomic E-state index is 13.1. The number of benzene rings is 1. The number of rotatable bonds is 4. The number of carbonyl (C=O) groups excluding carboxylic acids is 1. The summed E-state index contributed by atoms with van der Waals surface area (Å²) in [6.07, 6.45) is 4.16. The maximum absolute atomic E-state index is 13.1. The van der Waals surface area contributed by atoms with Gasteiger partial charge in [0.2, 0.25) is 5.82 Å². The van der Waals surface area contributed by atoms with Crippen LogP contribution in [0.2, 0.25) is 0 Å². The van der Waals surface area contributed by atoms with Crippen LogP contribution in [0.4, 0.5) is 4.39 Å². The van der Waals surface area contributed by atoms with Crippen molar-refractivity contribution in [3.8, 4) is 0 Å². The molecule has 0 unspecified atom stereocenters. The number of nitrogens with one attached hydrogen (secondary N) is 1. The Morgan fingerprint density at radius 1 is 1.18 bits per heavy atom. The Morgan fingerprint density at radius 2 is 1.89 bits per heavy atom. The van der Waals surface area contributed by atoms with Crippen molar-refractivity contribution in [1.82, 2.24) is 25.0 Å². The molecule has 1 aromatic carbocycles. The Labute approximate surface area is 165 Å². The molecule has 7 heteroatoms. The fourth-order valence-corrected chi connectivity index (χ4v) is 4.41. The summed E-state index contributed by atoms with van der Waals surface area (Å²) in [6, 6.07) is 6.86. The lowest BCUT2D eigenvalue weighted by Crippen LogP contribution is -2.45. The molecule has 0 bridgehead atoms. The lowest BCUT2D eigenvalue weighted by Gasteiger charge is -2.44. The van der Waals surface area contributed by atoms with E-state index in [0.717, 1.165) is 63.3 Å². The van der Waals surface area contributed by atoms with Crippen molar-refractivity contribution in [3.05, 3.63) is 47.3 Å². The third kappa shape index (κ3) is 3.94. The number of halogens is 1. The molecule has 4 rings (SSSR count). The van der Waals surface area contributed by atoms with Crippen LogP contribution in [-0.2, 0) is 19.5 Å². The highest BCUT2D eigenvalue weighted by atomic mass is 19.1. The van der Waals surface area contributed by atoms with Gasteiger partial charge in [0.25, 0.3) is 5.91 Å². The van der Waals surface area contributed by atoms with Gasteiger partial charge in [0.15, 0.2) is 0 Å². The van der Waals surface area contributed by atoms with Crippen LogP contribution in [0.5, 0.6) is 0 Å². The first-order valence-electron chi connectivity index (χ1n) is 10.1. The zero-order valence-electron chi connectivity index (χ0n) is 16.6. The highest BCUT2D eigenvalue weighted by Gasteiger charge is 2.39. The van der Waals surface area contributed by atoms with E-state index < -0.39 is 0 Å². The molecule has 1 N–H and O–H groups in total. The summed E-state index contributed by atoms with van der Waals surface area (Å²) in [5.74, 6) is 1.04. The van der Waals surface area contributed by atoms with E-state index >= 15 is 0 Å². The van der Waals surface area contributed by atoms with Crippen LogP contribution in [0.3, 0.4) is 0 Å². The van der Waals surface area contributed by atoms with Crippen molar-refractivity contribution in [3.63, 3.8) is 0 Å². The first-order chi connectivity index (χ1) is 13.4. The Hall–Kier alpha value is -2.28. The Kier molecular flexibility index (Phi) is 5.19. The molecular weight excluding hydrogens is 357 g/mol. The van der Waals surface area contributed by atoms with Gasteiger partial charge >= 0.3 is 0 Å². The van der Waals surface area contributed by atoms with Gasteiger partial charge in [0.05, 0.1) is 0 Å². The van der Waals surface area contributed by atoms with E-state index in [0.29, 0.717) is 5.82 Å². The van der Waals surface area contributed by atoms with Gasteiger partial charge in [-0.3, -0.25) is 9.69 Å². The van der Waals surface area contributed by atoms with Crippen molar-refractivity contribution in [2.24, 2.45) is 5.41 Å². The molecule has 0 atom stereocenters. The normalized spacial score (nSPS) is 19.0. The molecule has 2 aliphatic rings. The van der Waals surface area contributed by atoms with Gasteiger partial charge in [-0.15, -0.1) is 10.2 Å². The second kappa shape index (κ2) is 7.62. The van der Waals surface area contributed by atoms with Gasteiger partial charge in [-0.25, -0.2) is 4.39 Å². The minimum Gasteiger partial charge on any atom is -0.347 e. The van der Waals surface area contributed by atoms with Crippen molar-refractivity contribution in [1.29, 1.82) is 0 Å². The number of aryl methyl sites for hydroxylation is 1. The van der Waals surface area contributed by atoms with Gasteiger partial charge in [-0.05, 0) is 69.3 Å². The molecule has 2 aliphatic heterocycles. The Morgan fingerprint density at radius 3 is 2.57 bits per heavy atom. The number of hydrogen-bond donors (Lipinski definition) is 1. The Bertz CT molecular complexity index is 837. The number of piperidine rings is 1. The number of amides is 1. The van der Waals surface area contributed by atoms with Crippen molar-refractivity contribution in [2.45, 2.75) is 58.7 Å². The van der Waals surface area contributed by atoms with Crippen molar-refractivity contribution in [2.75, 3.05) is 13.1 Å². The van der Waals surface area contributed by atoms with Gasteiger partial charge in [0.1, 0.15) is 11.6 Å². The minimum atomic E-state index is -0.189. The van der Waals surface area contributed by atoms with Gasteiger partial charge in [0, 0.05) is 25.6 Å². The highest BCUT2D eigenvalue weighted by Crippen LogP contribution is 2.41. The monoisotopic (exact) mass is 385 g/mol. The molecule has 1 spiro atoms. The second-order valence-electron chi connectivity index (χ2n) is 8.56. The zero-order valence-corrected chi connectivity index (χ0v) is 16.6. The summed E-state index contributed by atoms with van der Waals surface area (Å²) in [4.78, 5) is 14.9. The zero-order chi connectivity index (χ0) is 19.7. The molecule has 0 radical (unpaired) electrons. The van der Waals surface area contributed by atoms with Crippen molar-refractivity contribution < 1.29 is 9.18 Å². The molecule has 28 heavy (non-hydrogen) atoms. The van der Waals surface area contributed by atoms with Crippen LogP contribution in [0.25, 0.3) is 0 Å². The van der Waals surface area contributed by atoms with E-state index in [9.17, 15) is 9.18 Å². The molecule has 1 fully saturated rings. The molecule has 1 amide bonds. The standard InChI is InChI=1S/C21H28FN5O/c1-15(2)23-20(28)19-25-24-18-7-8-21(14-27(18)19)9-11-26(12-10-21)13-16-3-5-17(22)6-4-16/h3-6,15H,7-14H2,1-2H3,(H,23,28). The lowest BCUT2D eigenvalue weighted by atomic mass is 9.73. The topological polar surface area (TPSA) is 63.1 Å². The average molecular weight is 385 g/mol. The molecule has 150 valence electrons. The Balaban J connectivity index is 1.41. The maximum Gasteiger partial charge on any atom is 0.289 e. The summed E-state index contributed by atoms with van der Waals surface area (Å²) in [6.45, 7) is 7.61. The molecule has 3 heterocycles. The molecule has 0 saturated carbocycles. The molecule has 0 aliphatic carbocycles. The summed E-state index contributed by atoms with van der Waals surface area (Å²) in [7, 11) is 0. The molecule has 2 aromatic rings. The van der Waals surface area contributed by atoms with Crippen LogP contribution in [0.1, 0.15) is 55.1 Å². The summed E-state index contributed by atoms with van der Waals surface area (Å²) in [5, 5.41) is 11.3.